The third-order valence-corrected chi connectivity index (χ3v) is 5.56. The zero-order valence-electron chi connectivity index (χ0n) is 15.4. The van der Waals surface area contributed by atoms with E-state index in [9.17, 15) is 18.4 Å². The van der Waals surface area contributed by atoms with Crippen molar-refractivity contribution in [2.24, 2.45) is 5.73 Å². The predicted octanol–water partition coefficient (Wildman–Crippen LogP) is 3.44. The van der Waals surface area contributed by atoms with E-state index in [0.29, 0.717) is 17.0 Å². The molecular formula is C18H22Cl2F2N4O2S. The largest absolute Gasteiger partial charge is 0.346 e. The maximum Gasteiger partial charge on any atom is 0.277 e. The van der Waals surface area contributed by atoms with Gasteiger partial charge in [-0.1, -0.05) is 0 Å². The summed E-state index contributed by atoms with van der Waals surface area (Å²) in [5.74, 6) is -4.20. The Kier molecular flexibility index (Phi) is 9.41. The number of pyridine rings is 1. The van der Waals surface area contributed by atoms with E-state index < -0.39 is 30.8 Å². The summed E-state index contributed by atoms with van der Waals surface area (Å²) >= 11 is 1.33. The smallest absolute Gasteiger partial charge is 0.277 e. The molecule has 0 saturated heterocycles. The summed E-state index contributed by atoms with van der Waals surface area (Å²) in [7, 11) is 0. The second kappa shape index (κ2) is 10.8. The number of anilines is 1. The number of hydrogen-bond donors (Lipinski definition) is 3. The Morgan fingerprint density at radius 3 is 2.59 bits per heavy atom. The summed E-state index contributed by atoms with van der Waals surface area (Å²) in [4.78, 5) is 30.0. The minimum absolute atomic E-state index is 0. The molecule has 1 aliphatic rings. The van der Waals surface area contributed by atoms with Gasteiger partial charge in [0.25, 0.3) is 17.7 Å². The average Bonchev–Trinajstić information content (AvgIpc) is 3.04. The van der Waals surface area contributed by atoms with E-state index in [4.69, 9.17) is 5.73 Å². The zero-order valence-corrected chi connectivity index (χ0v) is 17.8. The first-order valence-corrected chi connectivity index (χ1v) is 9.45. The number of nitrogens with two attached hydrogens (primary N) is 1. The maximum atomic E-state index is 13.4. The quantitative estimate of drug-likeness (QED) is 0.607. The molecule has 2 amide bonds. The molecule has 2 aromatic heterocycles. The van der Waals surface area contributed by atoms with Gasteiger partial charge in [-0.05, 0) is 43.4 Å². The van der Waals surface area contributed by atoms with Crippen LogP contribution in [0.4, 0.5) is 13.8 Å². The van der Waals surface area contributed by atoms with Gasteiger partial charge in [-0.2, -0.15) is 0 Å². The minimum Gasteiger partial charge on any atom is -0.346 e. The van der Waals surface area contributed by atoms with Crippen LogP contribution in [-0.4, -0.2) is 35.8 Å². The van der Waals surface area contributed by atoms with Gasteiger partial charge in [-0.15, -0.1) is 36.2 Å². The van der Waals surface area contributed by atoms with E-state index in [2.05, 4.69) is 15.6 Å². The van der Waals surface area contributed by atoms with Gasteiger partial charge >= 0.3 is 0 Å². The molecule has 0 saturated carbocycles. The van der Waals surface area contributed by atoms with Crippen LogP contribution in [0.2, 0.25) is 0 Å². The fraction of sp³-hybridized carbons (Fsp3) is 0.389. The van der Waals surface area contributed by atoms with Crippen molar-refractivity contribution in [3.05, 3.63) is 46.1 Å². The van der Waals surface area contributed by atoms with Gasteiger partial charge in [0.05, 0.1) is 24.2 Å². The number of thiophene rings is 1. The maximum absolute atomic E-state index is 13.4. The number of hydrogen-bond acceptors (Lipinski definition) is 5. The van der Waals surface area contributed by atoms with Crippen LogP contribution in [0.15, 0.2) is 24.5 Å². The van der Waals surface area contributed by atoms with Gasteiger partial charge in [-0.25, -0.2) is 8.78 Å². The number of alkyl halides is 2. The molecule has 0 fully saturated rings. The molecule has 4 N–H and O–H groups in total. The monoisotopic (exact) mass is 466 g/mol. The SMILES string of the molecule is Cl.Cl.NCC(F)(F)CNC(=O)c1c(NC(=O)c2cccnc2)sc2c1CCCC2. The number of fused-ring (bicyclic) bond motifs is 1. The fourth-order valence-electron chi connectivity index (χ4n) is 2.94. The lowest BCUT2D eigenvalue weighted by Gasteiger charge is -2.16. The van der Waals surface area contributed by atoms with Crippen molar-refractivity contribution < 1.29 is 18.4 Å². The lowest BCUT2D eigenvalue weighted by molar-refractivity contribution is 0.0118. The van der Waals surface area contributed by atoms with E-state index >= 15 is 0 Å². The Morgan fingerprint density at radius 2 is 1.93 bits per heavy atom. The standard InChI is InChI=1S/C18H20F2N4O2S.2ClH/c19-18(20,9-21)10-23-16(26)14-12-5-1-2-6-13(12)27-17(14)24-15(25)11-4-3-7-22-8-11;;/h3-4,7-8H,1-2,5-6,9-10,21H2,(H,23,26)(H,24,25);2*1H. The molecule has 2 heterocycles. The van der Waals surface area contributed by atoms with Crippen molar-refractivity contribution in [1.29, 1.82) is 0 Å². The van der Waals surface area contributed by atoms with Gasteiger partial charge in [-0.3, -0.25) is 14.6 Å². The van der Waals surface area contributed by atoms with E-state index in [1.165, 1.54) is 17.5 Å². The molecule has 1 aliphatic carbocycles. The minimum atomic E-state index is -3.18. The molecule has 0 aliphatic heterocycles. The highest BCUT2D eigenvalue weighted by Gasteiger charge is 2.31. The van der Waals surface area contributed by atoms with Crippen LogP contribution in [0.3, 0.4) is 0 Å². The van der Waals surface area contributed by atoms with Crippen LogP contribution < -0.4 is 16.4 Å². The molecule has 0 radical (unpaired) electrons. The van der Waals surface area contributed by atoms with Gasteiger partial charge < -0.3 is 16.4 Å². The second-order valence-corrected chi connectivity index (χ2v) is 7.46. The molecule has 29 heavy (non-hydrogen) atoms. The normalized spacial score (nSPS) is 12.8. The van der Waals surface area contributed by atoms with Gasteiger partial charge in [0.2, 0.25) is 0 Å². The summed E-state index contributed by atoms with van der Waals surface area (Å²) < 4.78 is 26.8. The van der Waals surface area contributed by atoms with Crippen molar-refractivity contribution in [1.82, 2.24) is 10.3 Å². The third-order valence-electron chi connectivity index (χ3n) is 4.36. The number of carbonyl (C=O) groups is 2. The summed E-state index contributed by atoms with van der Waals surface area (Å²) in [6, 6.07) is 3.24. The molecule has 0 unspecified atom stereocenters. The second-order valence-electron chi connectivity index (χ2n) is 6.35. The molecule has 3 rings (SSSR count). The molecular weight excluding hydrogens is 445 g/mol. The number of amides is 2. The van der Waals surface area contributed by atoms with Gasteiger partial charge in [0, 0.05) is 17.3 Å². The zero-order chi connectivity index (χ0) is 19.4. The number of rotatable bonds is 6. The first-order chi connectivity index (χ1) is 12.9. The van der Waals surface area contributed by atoms with Gasteiger partial charge in [0.15, 0.2) is 0 Å². The Hall–Kier alpha value is -1.81. The molecule has 0 spiro atoms. The number of aromatic nitrogens is 1. The topological polar surface area (TPSA) is 97.1 Å². The van der Waals surface area contributed by atoms with E-state index in [-0.39, 0.29) is 30.4 Å². The summed E-state index contributed by atoms with van der Waals surface area (Å²) in [6.45, 7) is -1.69. The van der Waals surface area contributed by atoms with Crippen molar-refractivity contribution in [3.8, 4) is 0 Å². The Morgan fingerprint density at radius 1 is 1.21 bits per heavy atom. The van der Waals surface area contributed by atoms with Crippen LogP contribution in [0.25, 0.3) is 0 Å². The number of aryl methyl sites for hydroxylation is 1. The van der Waals surface area contributed by atoms with Crippen LogP contribution >= 0.6 is 36.2 Å². The molecule has 160 valence electrons. The first kappa shape index (κ1) is 25.2. The summed E-state index contributed by atoms with van der Waals surface area (Å²) in [5.41, 5.74) is 6.48. The van der Waals surface area contributed by atoms with Crippen LogP contribution in [-0.2, 0) is 12.8 Å². The van der Waals surface area contributed by atoms with Crippen LogP contribution in [0.5, 0.6) is 0 Å². The number of halogens is 4. The lowest BCUT2D eigenvalue weighted by Crippen LogP contribution is -2.41. The first-order valence-electron chi connectivity index (χ1n) is 8.63. The molecule has 0 bridgehead atoms. The number of nitrogens with one attached hydrogen (secondary N) is 2. The third kappa shape index (κ3) is 6.08. The molecule has 2 aromatic rings. The molecule has 0 aromatic carbocycles. The highest BCUT2D eigenvalue weighted by molar-refractivity contribution is 7.17. The van der Waals surface area contributed by atoms with E-state index in [1.54, 1.807) is 18.3 Å². The molecule has 0 atom stereocenters. The summed E-state index contributed by atoms with van der Waals surface area (Å²) in [5, 5.41) is 5.38. The highest BCUT2D eigenvalue weighted by Crippen LogP contribution is 2.38. The van der Waals surface area contributed by atoms with E-state index in [0.717, 1.165) is 29.7 Å². The average molecular weight is 467 g/mol. The molecule has 6 nitrogen and oxygen atoms in total. The van der Waals surface area contributed by atoms with Crippen molar-refractivity contribution >= 4 is 53.0 Å². The van der Waals surface area contributed by atoms with E-state index in [1.807, 2.05) is 0 Å². The van der Waals surface area contributed by atoms with Crippen LogP contribution in [0.1, 0.15) is 44.0 Å². The predicted molar refractivity (Wildman–Crippen MR) is 114 cm³/mol. The van der Waals surface area contributed by atoms with Crippen LogP contribution in [0, 0.1) is 0 Å². The number of nitrogens with zero attached hydrogens (tertiary/aromatic N) is 1. The Bertz CT molecular complexity index is 850. The lowest BCUT2D eigenvalue weighted by atomic mass is 9.95. The highest BCUT2D eigenvalue weighted by atomic mass is 35.5. The van der Waals surface area contributed by atoms with Crippen molar-refractivity contribution in [3.63, 3.8) is 0 Å². The van der Waals surface area contributed by atoms with Crippen molar-refractivity contribution in [2.45, 2.75) is 31.6 Å². The Labute approximate surface area is 183 Å². The fourth-order valence-corrected chi connectivity index (χ4v) is 4.22. The van der Waals surface area contributed by atoms with Gasteiger partial charge in [0.1, 0.15) is 5.00 Å². The van der Waals surface area contributed by atoms with Crippen molar-refractivity contribution in [2.75, 3.05) is 18.4 Å². The number of carbonyl (C=O) groups excluding carboxylic acids is 2. The molecule has 11 heteroatoms. The summed E-state index contributed by atoms with van der Waals surface area (Å²) in [6.07, 6.45) is 6.38. The Balaban J connectivity index is 0.00000210.